The highest BCUT2D eigenvalue weighted by molar-refractivity contribution is 5.70. The van der Waals surface area contributed by atoms with Crippen molar-refractivity contribution in [1.82, 2.24) is 9.80 Å². The standard InChI is InChI=1S/C44H72N2O4/c1-5-7-9-11-13-15-17-19-21-31-45(3)33-29-43(47)49-37-39-25-23-27-41(35-39)42-28-24-26-40(36-42)38-50-44(48)30-34-46(4)32-22-20-18-16-14-12-10-8-6-2/h23-28,35-36H,5-22,29-34,37-38H2,1-4H3. The summed E-state index contributed by atoms with van der Waals surface area (Å²) in [4.78, 5) is 29.4. The number of hydrogen-bond acceptors (Lipinski definition) is 6. The molecule has 0 heterocycles. The zero-order valence-electron chi connectivity index (χ0n) is 32.5. The van der Waals surface area contributed by atoms with E-state index in [1.54, 1.807) is 0 Å². The van der Waals surface area contributed by atoms with Gasteiger partial charge in [-0.2, -0.15) is 0 Å². The van der Waals surface area contributed by atoms with Crippen molar-refractivity contribution in [2.75, 3.05) is 40.3 Å². The van der Waals surface area contributed by atoms with Crippen LogP contribution in [-0.4, -0.2) is 62.0 Å². The van der Waals surface area contributed by atoms with Crippen molar-refractivity contribution in [3.8, 4) is 11.1 Å². The Bertz CT molecular complexity index is 1060. The van der Waals surface area contributed by atoms with Gasteiger partial charge in [-0.3, -0.25) is 9.59 Å². The van der Waals surface area contributed by atoms with E-state index in [-0.39, 0.29) is 25.2 Å². The fourth-order valence-corrected chi connectivity index (χ4v) is 6.33. The summed E-state index contributed by atoms with van der Waals surface area (Å²) in [5, 5.41) is 0. The molecule has 0 saturated heterocycles. The Balaban J connectivity index is 1.62. The van der Waals surface area contributed by atoms with Gasteiger partial charge in [0.25, 0.3) is 0 Å². The number of unbranched alkanes of at least 4 members (excludes halogenated alkanes) is 16. The van der Waals surface area contributed by atoms with Gasteiger partial charge >= 0.3 is 11.9 Å². The molecule has 0 aliphatic carbocycles. The summed E-state index contributed by atoms with van der Waals surface area (Å²) >= 11 is 0. The van der Waals surface area contributed by atoms with Crippen molar-refractivity contribution in [3.05, 3.63) is 59.7 Å². The molecule has 0 aliphatic heterocycles. The molecule has 0 amide bonds. The number of hydrogen-bond donors (Lipinski definition) is 0. The van der Waals surface area contributed by atoms with Gasteiger partial charge in [0.05, 0.1) is 12.8 Å². The lowest BCUT2D eigenvalue weighted by Gasteiger charge is -2.16. The molecule has 0 aliphatic rings. The fourth-order valence-electron chi connectivity index (χ4n) is 6.33. The third kappa shape index (κ3) is 22.2. The van der Waals surface area contributed by atoms with E-state index in [1.165, 1.54) is 116 Å². The van der Waals surface area contributed by atoms with E-state index in [0.717, 1.165) is 48.4 Å². The molecule has 50 heavy (non-hydrogen) atoms. The number of ether oxygens (including phenoxy) is 2. The summed E-state index contributed by atoms with van der Waals surface area (Å²) in [5.74, 6) is -0.319. The predicted octanol–water partition coefficient (Wildman–Crippen LogP) is 11.1. The summed E-state index contributed by atoms with van der Waals surface area (Å²) in [7, 11) is 4.18. The Morgan fingerprint density at radius 2 is 0.820 bits per heavy atom. The van der Waals surface area contributed by atoms with Gasteiger partial charge in [0.2, 0.25) is 0 Å². The Labute approximate surface area is 306 Å². The highest BCUT2D eigenvalue weighted by atomic mass is 16.5. The number of carbonyl (C=O) groups is 2. The first-order chi connectivity index (χ1) is 24.4. The molecule has 282 valence electrons. The molecular weight excluding hydrogens is 620 g/mol. The van der Waals surface area contributed by atoms with Gasteiger partial charge in [-0.15, -0.1) is 0 Å². The third-order valence-corrected chi connectivity index (χ3v) is 9.67. The molecule has 6 heteroatoms. The number of carbonyl (C=O) groups excluding carboxylic acids is 2. The van der Waals surface area contributed by atoms with E-state index >= 15 is 0 Å². The molecule has 0 saturated carbocycles. The summed E-state index contributed by atoms with van der Waals surface area (Å²) in [5.41, 5.74) is 4.01. The van der Waals surface area contributed by atoms with Gasteiger partial charge in [0.1, 0.15) is 13.2 Å². The van der Waals surface area contributed by atoms with Crippen LogP contribution in [0.2, 0.25) is 0 Å². The maximum absolute atomic E-state index is 12.5. The molecule has 2 aromatic carbocycles. The van der Waals surface area contributed by atoms with Crippen molar-refractivity contribution < 1.29 is 19.1 Å². The van der Waals surface area contributed by atoms with Gasteiger partial charge in [-0.05, 0) is 74.4 Å². The van der Waals surface area contributed by atoms with Gasteiger partial charge < -0.3 is 19.3 Å². The zero-order valence-corrected chi connectivity index (χ0v) is 32.5. The molecule has 6 nitrogen and oxygen atoms in total. The van der Waals surface area contributed by atoms with Crippen molar-refractivity contribution in [2.24, 2.45) is 0 Å². The highest BCUT2D eigenvalue weighted by Gasteiger charge is 2.10. The van der Waals surface area contributed by atoms with E-state index in [0.29, 0.717) is 12.8 Å². The van der Waals surface area contributed by atoms with Crippen molar-refractivity contribution in [2.45, 2.75) is 155 Å². The maximum atomic E-state index is 12.5. The molecule has 2 rings (SSSR count). The normalized spacial score (nSPS) is 11.4. The van der Waals surface area contributed by atoms with Crippen LogP contribution < -0.4 is 0 Å². The van der Waals surface area contributed by atoms with Gasteiger partial charge in [-0.1, -0.05) is 153 Å². The van der Waals surface area contributed by atoms with Gasteiger partial charge in [-0.25, -0.2) is 0 Å². The largest absolute Gasteiger partial charge is 0.461 e. The number of rotatable bonds is 31. The van der Waals surface area contributed by atoms with Crippen LogP contribution in [-0.2, 0) is 32.3 Å². The molecule has 2 aromatic rings. The second-order valence-electron chi connectivity index (χ2n) is 14.5. The number of esters is 2. The van der Waals surface area contributed by atoms with Crippen LogP contribution in [0.3, 0.4) is 0 Å². The minimum atomic E-state index is -0.159. The Morgan fingerprint density at radius 1 is 0.480 bits per heavy atom. The van der Waals surface area contributed by atoms with Crippen LogP contribution in [0.1, 0.15) is 153 Å². The molecular formula is C44H72N2O4. The van der Waals surface area contributed by atoms with Crippen LogP contribution >= 0.6 is 0 Å². The summed E-state index contributed by atoms with van der Waals surface area (Å²) in [6, 6.07) is 16.2. The van der Waals surface area contributed by atoms with E-state index in [2.05, 4.69) is 62.0 Å². The lowest BCUT2D eigenvalue weighted by atomic mass is 10.0. The quantitative estimate of drug-likeness (QED) is 0.0579. The second-order valence-corrected chi connectivity index (χ2v) is 14.5. The maximum Gasteiger partial charge on any atom is 0.307 e. The van der Waals surface area contributed by atoms with Crippen LogP contribution in [0.4, 0.5) is 0 Å². The molecule has 0 aromatic heterocycles. The van der Waals surface area contributed by atoms with E-state index < -0.39 is 0 Å². The molecule has 0 atom stereocenters. The Morgan fingerprint density at radius 3 is 1.18 bits per heavy atom. The van der Waals surface area contributed by atoms with Gasteiger partial charge in [0.15, 0.2) is 0 Å². The highest BCUT2D eigenvalue weighted by Crippen LogP contribution is 2.23. The minimum Gasteiger partial charge on any atom is -0.461 e. The van der Waals surface area contributed by atoms with E-state index in [9.17, 15) is 9.59 Å². The monoisotopic (exact) mass is 693 g/mol. The summed E-state index contributed by atoms with van der Waals surface area (Å²) in [6.45, 7) is 8.56. The van der Waals surface area contributed by atoms with Crippen LogP contribution in [0.25, 0.3) is 11.1 Å². The van der Waals surface area contributed by atoms with Gasteiger partial charge in [0, 0.05) is 13.1 Å². The van der Waals surface area contributed by atoms with E-state index in [4.69, 9.17) is 9.47 Å². The predicted molar refractivity (Wildman–Crippen MR) is 210 cm³/mol. The average molecular weight is 693 g/mol. The minimum absolute atomic E-state index is 0.159. The van der Waals surface area contributed by atoms with Crippen LogP contribution in [0, 0.1) is 0 Å². The first kappa shape index (κ1) is 43.5. The van der Waals surface area contributed by atoms with E-state index in [1.807, 2.05) is 24.3 Å². The summed E-state index contributed by atoms with van der Waals surface area (Å²) < 4.78 is 11.2. The first-order valence-electron chi connectivity index (χ1n) is 20.3. The first-order valence-corrected chi connectivity index (χ1v) is 20.3. The van der Waals surface area contributed by atoms with Crippen LogP contribution in [0.15, 0.2) is 48.5 Å². The summed E-state index contributed by atoms with van der Waals surface area (Å²) in [6.07, 6.45) is 24.7. The van der Waals surface area contributed by atoms with Crippen LogP contribution in [0.5, 0.6) is 0 Å². The SMILES string of the molecule is CCCCCCCCCCCN(C)CCC(=O)OCc1cccc(-c2cccc(COC(=O)CCN(C)CCCCCCCCCCC)c2)c1. The third-order valence-electron chi connectivity index (χ3n) is 9.67. The lowest BCUT2D eigenvalue weighted by molar-refractivity contribution is -0.146. The number of nitrogens with zero attached hydrogens (tertiary/aromatic N) is 2. The number of benzene rings is 2. The van der Waals surface area contributed by atoms with Crippen molar-refractivity contribution in [1.29, 1.82) is 0 Å². The second kappa shape index (κ2) is 28.9. The Hall–Kier alpha value is -2.70. The smallest absolute Gasteiger partial charge is 0.307 e. The average Bonchev–Trinajstić information content (AvgIpc) is 3.13. The molecule has 0 unspecified atom stereocenters. The topological polar surface area (TPSA) is 59.1 Å². The molecule has 0 spiro atoms. The van der Waals surface area contributed by atoms with Crippen molar-refractivity contribution in [3.63, 3.8) is 0 Å². The lowest BCUT2D eigenvalue weighted by Crippen LogP contribution is -2.23. The fraction of sp³-hybridized carbons (Fsp3) is 0.682. The molecule has 0 bridgehead atoms. The Kier molecular flexibility index (Phi) is 25.2. The molecule has 0 radical (unpaired) electrons. The molecule has 0 fully saturated rings. The molecule has 0 N–H and O–H groups in total. The zero-order chi connectivity index (χ0) is 36.1. The van der Waals surface area contributed by atoms with Crippen molar-refractivity contribution >= 4 is 11.9 Å².